The van der Waals surface area contributed by atoms with Crippen molar-refractivity contribution in [2.75, 3.05) is 11.1 Å². The highest BCUT2D eigenvalue weighted by molar-refractivity contribution is 7.99. The van der Waals surface area contributed by atoms with Gasteiger partial charge in [-0.05, 0) is 42.5 Å². The fourth-order valence-electron chi connectivity index (χ4n) is 2.01. The smallest absolute Gasteiger partial charge is 0.126 e. The summed E-state index contributed by atoms with van der Waals surface area (Å²) in [7, 11) is 0. The van der Waals surface area contributed by atoms with Gasteiger partial charge < -0.3 is 5.32 Å². The summed E-state index contributed by atoms with van der Waals surface area (Å²) in [5.74, 6) is -0.128. The fourth-order valence-corrected chi connectivity index (χ4v) is 2.78. The lowest BCUT2D eigenvalue weighted by molar-refractivity contribution is 0.577. The molecule has 0 saturated heterocycles. The topological polar surface area (TPSA) is 12.0 Å². The third-order valence-electron chi connectivity index (χ3n) is 2.94. The van der Waals surface area contributed by atoms with Crippen LogP contribution in [-0.2, 0) is 0 Å². The van der Waals surface area contributed by atoms with Gasteiger partial charge in [0.25, 0.3) is 0 Å². The zero-order valence-corrected chi connectivity index (χ0v) is 12.3. The lowest BCUT2D eigenvalue weighted by Crippen LogP contribution is -2.08. The van der Waals surface area contributed by atoms with Gasteiger partial charge in [-0.25, -0.2) is 8.78 Å². The van der Waals surface area contributed by atoms with E-state index in [0.29, 0.717) is 5.56 Å². The molecule has 1 unspecified atom stereocenters. The SMILES string of the molecule is CCSc1ccccc1NC(C)c1cc(F)cc(F)c1. The quantitative estimate of drug-likeness (QED) is 0.756. The summed E-state index contributed by atoms with van der Waals surface area (Å²) in [6.45, 7) is 3.98. The highest BCUT2D eigenvalue weighted by Gasteiger charge is 2.10. The van der Waals surface area contributed by atoms with Crippen molar-refractivity contribution in [3.63, 3.8) is 0 Å². The number of nitrogens with one attached hydrogen (secondary N) is 1. The van der Waals surface area contributed by atoms with E-state index >= 15 is 0 Å². The monoisotopic (exact) mass is 293 g/mol. The summed E-state index contributed by atoms with van der Waals surface area (Å²) in [6.07, 6.45) is 0. The molecule has 0 spiro atoms. The van der Waals surface area contributed by atoms with Crippen LogP contribution in [0.25, 0.3) is 0 Å². The summed E-state index contributed by atoms with van der Waals surface area (Å²) in [4.78, 5) is 1.14. The Hall–Kier alpha value is -1.55. The Bertz CT molecular complexity index is 566. The highest BCUT2D eigenvalue weighted by atomic mass is 32.2. The molecule has 1 atom stereocenters. The number of rotatable bonds is 5. The van der Waals surface area contributed by atoms with Crippen LogP contribution in [0.5, 0.6) is 0 Å². The number of anilines is 1. The highest BCUT2D eigenvalue weighted by Crippen LogP contribution is 2.30. The van der Waals surface area contributed by atoms with Crippen molar-refractivity contribution in [1.82, 2.24) is 0 Å². The maximum absolute atomic E-state index is 13.3. The predicted molar refractivity (Wildman–Crippen MR) is 81.2 cm³/mol. The van der Waals surface area contributed by atoms with Crippen molar-refractivity contribution in [1.29, 1.82) is 0 Å². The van der Waals surface area contributed by atoms with E-state index in [0.717, 1.165) is 22.4 Å². The van der Waals surface area contributed by atoms with E-state index in [1.54, 1.807) is 11.8 Å². The summed E-state index contributed by atoms with van der Waals surface area (Å²) >= 11 is 1.73. The second kappa shape index (κ2) is 6.75. The number of thioether (sulfide) groups is 1. The molecule has 0 bridgehead atoms. The third kappa shape index (κ3) is 3.73. The van der Waals surface area contributed by atoms with E-state index in [1.807, 2.05) is 31.2 Å². The van der Waals surface area contributed by atoms with Gasteiger partial charge >= 0.3 is 0 Å². The van der Waals surface area contributed by atoms with Crippen LogP contribution >= 0.6 is 11.8 Å². The van der Waals surface area contributed by atoms with Gasteiger partial charge in [-0.15, -0.1) is 11.8 Å². The Morgan fingerprint density at radius 1 is 1.10 bits per heavy atom. The molecule has 0 aliphatic carbocycles. The second-order valence-electron chi connectivity index (χ2n) is 4.50. The number of hydrogen-bond acceptors (Lipinski definition) is 2. The van der Waals surface area contributed by atoms with E-state index in [1.165, 1.54) is 12.1 Å². The van der Waals surface area contributed by atoms with E-state index in [9.17, 15) is 8.78 Å². The minimum Gasteiger partial charge on any atom is -0.378 e. The Balaban J connectivity index is 2.21. The lowest BCUT2D eigenvalue weighted by Gasteiger charge is -2.18. The van der Waals surface area contributed by atoms with Crippen molar-refractivity contribution < 1.29 is 8.78 Å². The lowest BCUT2D eigenvalue weighted by atomic mass is 10.1. The molecule has 20 heavy (non-hydrogen) atoms. The van der Waals surface area contributed by atoms with Crippen molar-refractivity contribution in [2.24, 2.45) is 0 Å². The van der Waals surface area contributed by atoms with Gasteiger partial charge in [0.15, 0.2) is 0 Å². The summed E-state index contributed by atoms with van der Waals surface area (Å²) in [5.41, 5.74) is 1.58. The number of hydrogen-bond donors (Lipinski definition) is 1. The zero-order chi connectivity index (χ0) is 14.5. The van der Waals surface area contributed by atoms with Crippen molar-refractivity contribution >= 4 is 17.4 Å². The molecule has 0 saturated carbocycles. The van der Waals surface area contributed by atoms with Gasteiger partial charge in [0.1, 0.15) is 11.6 Å². The van der Waals surface area contributed by atoms with E-state index in [4.69, 9.17) is 0 Å². The Morgan fingerprint density at radius 3 is 2.40 bits per heavy atom. The van der Waals surface area contributed by atoms with Crippen molar-refractivity contribution in [3.8, 4) is 0 Å². The minimum atomic E-state index is -0.551. The van der Waals surface area contributed by atoms with Gasteiger partial charge in [-0.2, -0.15) is 0 Å². The molecule has 0 aliphatic rings. The molecule has 4 heteroatoms. The van der Waals surface area contributed by atoms with Crippen LogP contribution in [-0.4, -0.2) is 5.75 Å². The molecule has 1 N–H and O–H groups in total. The fraction of sp³-hybridized carbons (Fsp3) is 0.250. The van der Waals surface area contributed by atoms with Crippen LogP contribution in [0.4, 0.5) is 14.5 Å². The molecule has 0 aliphatic heterocycles. The Morgan fingerprint density at radius 2 is 1.75 bits per heavy atom. The average Bonchev–Trinajstić information content (AvgIpc) is 2.40. The Kier molecular flexibility index (Phi) is 5.01. The van der Waals surface area contributed by atoms with Crippen LogP contribution in [0.3, 0.4) is 0 Å². The van der Waals surface area contributed by atoms with Crippen LogP contribution in [0.1, 0.15) is 25.5 Å². The van der Waals surface area contributed by atoms with E-state index in [2.05, 4.69) is 12.2 Å². The van der Waals surface area contributed by atoms with Gasteiger partial charge in [0.05, 0.1) is 0 Å². The summed E-state index contributed by atoms with van der Waals surface area (Å²) in [6, 6.07) is 11.4. The molecule has 0 amide bonds. The minimum absolute atomic E-state index is 0.168. The number of benzene rings is 2. The standard InChI is InChI=1S/C16H17F2NS/c1-3-20-16-7-5-4-6-15(16)19-11(2)12-8-13(17)10-14(18)9-12/h4-11,19H,3H2,1-2H3. The normalized spacial score (nSPS) is 12.2. The first-order valence-corrected chi connectivity index (χ1v) is 7.53. The van der Waals surface area contributed by atoms with Gasteiger partial charge in [-0.1, -0.05) is 19.1 Å². The molecule has 106 valence electrons. The summed E-state index contributed by atoms with van der Waals surface area (Å²) in [5, 5.41) is 3.31. The molecule has 2 aromatic carbocycles. The van der Waals surface area contributed by atoms with Crippen LogP contribution < -0.4 is 5.32 Å². The van der Waals surface area contributed by atoms with Crippen LogP contribution in [0.15, 0.2) is 47.4 Å². The van der Waals surface area contributed by atoms with Crippen molar-refractivity contribution in [2.45, 2.75) is 24.8 Å². The van der Waals surface area contributed by atoms with Gasteiger partial charge in [0, 0.05) is 22.7 Å². The van der Waals surface area contributed by atoms with Crippen LogP contribution in [0.2, 0.25) is 0 Å². The molecular weight excluding hydrogens is 276 g/mol. The number of halogens is 2. The van der Waals surface area contributed by atoms with Crippen LogP contribution in [0, 0.1) is 11.6 Å². The zero-order valence-electron chi connectivity index (χ0n) is 11.5. The molecule has 0 fully saturated rings. The first kappa shape index (κ1) is 14.9. The number of para-hydroxylation sites is 1. The first-order chi connectivity index (χ1) is 9.60. The summed E-state index contributed by atoms with van der Waals surface area (Å²) < 4.78 is 26.5. The molecular formula is C16H17F2NS. The van der Waals surface area contributed by atoms with Crippen molar-refractivity contribution in [3.05, 3.63) is 59.7 Å². The van der Waals surface area contributed by atoms with Gasteiger partial charge in [-0.3, -0.25) is 0 Å². The second-order valence-corrected chi connectivity index (χ2v) is 5.80. The third-order valence-corrected chi connectivity index (χ3v) is 3.90. The maximum atomic E-state index is 13.3. The molecule has 0 radical (unpaired) electrons. The molecule has 0 aromatic heterocycles. The molecule has 1 nitrogen and oxygen atoms in total. The largest absolute Gasteiger partial charge is 0.378 e. The Labute approximate surface area is 122 Å². The van der Waals surface area contributed by atoms with E-state index in [-0.39, 0.29) is 6.04 Å². The molecule has 0 heterocycles. The molecule has 2 rings (SSSR count). The average molecular weight is 293 g/mol. The first-order valence-electron chi connectivity index (χ1n) is 6.54. The maximum Gasteiger partial charge on any atom is 0.126 e. The predicted octanol–water partition coefficient (Wildman–Crippen LogP) is 5.25. The molecule has 2 aromatic rings. The van der Waals surface area contributed by atoms with Gasteiger partial charge in [0.2, 0.25) is 0 Å². The van der Waals surface area contributed by atoms with E-state index < -0.39 is 11.6 Å².